The van der Waals surface area contributed by atoms with E-state index in [0.29, 0.717) is 26.3 Å². The van der Waals surface area contributed by atoms with E-state index in [1.807, 2.05) is 35.2 Å². The fraction of sp³-hybridized carbons (Fsp3) is 0.652. The summed E-state index contributed by atoms with van der Waals surface area (Å²) in [5.74, 6) is 0.00480. The number of rotatable bonds is 12. The van der Waals surface area contributed by atoms with Crippen molar-refractivity contribution in [2.75, 3.05) is 46.0 Å². The van der Waals surface area contributed by atoms with Crippen LogP contribution in [0.5, 0.6) is 0 Å². The number of carbonyl (C=O) groups excluding carboxylic acids is 2. The van der Waals surface area contributed by atoms with E-state index in [2.05, 4.69) is 13.8 Å². The lowest BCUT2D eigenvalue weighted by Gasteiger charge is -2.37. The zero-order valence-electron chi connectivity index (χ0n) is 18.5. The smallest absolute Gasteiger partial charge is 0.248 e. The molecule has 0 N–H and O–H groups in total. The van der Waals surface area contributed by atoms with Gasteiger partial charge in [0.25, 0.3) is 0 Å². The molecule has 0 aliphatic carbocycles. The quantitative estimate of drug-likeness (QED) is 0.520. The van der Waals surface area contributed by atoms with Gasteiger partial charge >= 0.3 is 0 Å². The largest absolute Gasteiger partial charge is 0.374 e. The van der Waals surface area contributed by atoms with E-state index in [-0.39, 0.29) is 37.2 Å². The molecular formula is C23H36N2O5. The molecular weight excluding hydrogens is 384 g/mol. The second-order valence-corrected chi connectivity index (χ2v) is 7.70. The van der Waals surface area contributed by atoms with Crippen molar-refractivity contribution >= 4 is 11.8 Å². The van der Waals surface area contributed by atoms with Crippen molar-refractivity contribution in [1.82, 2.24) is 9.80 Å². The highest BCUT2D eigenvalue weighted by molar-refractivity contribution is 5.77. The number of hydrogen-bond donors (Lipinski definition) is 0. The Morgan fingerprint density at radius 3 is 2.20 bits per heavy atom. The lowest BCUT2D eigenvalue weighted by Crippen LogP contribution is -2.52. The van der Waals surface area contributed by atoms with Crippen LogP contribution in [0.15, 0.2) is 30.3 Å². The van der Waals surface area contributed by atoms with Gasteiger partial charge in [-0.25, -0.2) is 0 Å². The molecule has 0 radical (unpaired) electrons. The van der Waals surface area contributed by atoms with Gasteiger partial charge in [-0.15, -0.1) is 0 Å². The molecule has 7 nitrogen and oxygen atoms in total. The molecule has 1 aromatic rings. The minimum atomic E-state index is -0.272. The van der Waals surface area contributed by atoms with Crippen LogP contribution < -0.4 is 0 Å². The zero-order chi connectivity index (χ0) is 21.8. The molecule has 1 heterocycles. The van der Waals surface area contributed by atoms with Gasteiger partial charge in [0.15, 0.2) is 0 Å². The molecule has 1 aliphatic rings. The molecule has 1 fully saturated rings. The number of carbonyl (C=O) groups is 2. The maximum atomic E-state index is 12.4. The predicted octanol–water partition coefficient (Wildman–Crippen LogP) is 2.48. The minimum Gasteiger partial charge on any atom is -0.374 e. The van der Waals surface area contributed by atoms with Crippen LogP contribution in [-0.2, 0) is 30.4 Å². The third-order valence-corrected chi connectivity index (χ3v) is 4.96. The number of amides is 2. The molecule has 2 unspecified atom stereocenters. The summed E-state index contributed by atoms with van der Waals surface area (Å²) in [5, 5.41) is 0. The minimum absolute atomic E-state index is 0.000628. The lowest BCUT2D eigenvalue weighted by atomic mass is 10.2. The van der Waals surface area contributed by atoms with Gasteiger partial charge in [0, 0.05) is 33.1 Å². The summed E-state index contributed by atoms with van der Waals surface area (Å²) in [6, 6.07) is 9.95. The number of hydrogen-bond acceptors (Lipinski definition) is 5. The molecule has 168 valence electrons. The third kappa shape index (κ3) is 8.42. The Hall–Kier alpha value is -1.96. The van der Waals surface area contributed by atoms with E-state index in [0.717, 1.165) is 31.5 Å². The van der Waals surface area contributed by atoms with E-state index in [9.17, 15) is 9.59 Å². The van der Waals surface area contributed by atoms with E-state index in [1.54, 1.807) is 11.8 Å². The fourth-order valence-corrected chi connectivity index (χ4v) is 3.52. The first-order valence-electron chi connectivity index (χ1n) is 10.9. The van der Waals surface area contributed by atoms with Crippen LogP contribution in [0, 0.1) is 0 Å². The van der Waals surface area contributed by atoms with E-state index in [4.69, 9.17) is 14.2 Å². The summed E-state index contributed by atoms with van der Waals surface area (Å²) < 4.78 is 17.5. The van der Waals surface area contributed by atoms with Gasteiger partial charge in [-0.3, -0.25) is 9.59 Å². The monoisotopic (exact) mass is 420 g/mol. The van der Waals surface area contributed by atoms with Gasteiger partial charge in [-0.1, -0.05) is 44.2 Å². The molecule has 2 amide bonds. The number of nitrogens with zero attached hydrogens (tertiary/aromatic N) is 2. The Labute approximate surface area is 180 Å². The Balaban J connectivity index is 1.79. The fourth-order valence-electron chi connectivity index (χ4n) is 3.52. The van der Waals surface area contributed by atoms with Crippen LogP contribution in [0.2, 0.25) is 0 Å². The van der Waals surface area contributed by atoms with Crippen molar-refractivity contribution in [3.05, 3.63) is 35.9 Å². The van der Waals surface area contributed by atoms with Crippen LogP contribution in [-0.4, -0.2) is 79.8 Å². The van der Waals surface area contributed by atoms with E-state index in [1.165, 1.54) is 0 Å². The van der Waals surface area contributed by atoms with Crippen LogP contribution in [0.1, 0.15) is 39.2 Å². The highest BCUT2D eigenvalue weighted by Crippen LogP contribution is 2.14. The van der Waals surface area contributed by atoms with Gasteiger partial charge in [0.1, 0.15) is 6.61 Å². The van der Waals surface area contributed by atoms with Crippen molar-refractivity contribution in [3.63, 3.8) is 0 Å². The predicted molar refractivity (Wildman–Crippen MR) is 115 cm³/mol. The van der Waals surface area contributed by atoms with Crippen LogP contribution in [0.3, 0.4) is 0 Å². The Morgan fingerprint density at radius 2 is 1.63 bits per heavy atom. The van der Waals surface area contributed by atoms with Gasteiger partial charge in [0.2, 0.25) is 11.8 Å². The molecule has 2 atom stereocenters. The summed E-state index contributed by atoms with van der Waals surface area (Å²) in [5.41, 5.74) is 1.10. The highest BCUT2D eigenvalue weighted by Gasteiger charge is 2.29. The second kappa shape index (κ2) is 13.4. The average Bonchev–Trinajstić information content (AvgIpc) is 2.74. The van der Waals surface area contributed by atoms with Crippen molar-refractivity contribution in [2.45, 2.75) is 52.4 Å². The van der Waals surface area contributed by atoms with Crippen LogP contribution >= 0.6 is 0 Å². The SMILES string of the molecule is CCCN(CCC)C(=O)COCC1CN(C(C)=O)CC(COCc2ccccc2)O1. The van der Waals surface area contributed by atoms with E-state index < -0.39 is 0 Å². The molecule has 30 heavy (non-hydrogen) atoms. The molecule has 0 spiro atoms. The Kier molecular flexibility index (Phi) is 10.8. The summed E-state index contributed by atoms with van der Waals surface area (Å²) in [7, 11) is 0. The number of benzene rings is 1. The van der Waals surface area contributed by atoms with Crippen molar-refractivity contribution in [1.29, 1.82) is 0 Å². The molecule has 2 rings (SSSR count). The summed E-state index contributed by atoms with van der Waals surface area (Å²) >= 11 is 0. The lowest BCUT2D eigenvalue weighted by molar-refractivity contribution is -0.159. The van der Waals surface area contributed by atoms with E-state index >= 15 is 0 Å². The van der Waals surface area contributed by atoms with Crippen molar-refractivity contribution < 1.29 is 23.8 Å². The standard InChI is InChI=1S/C23H36N2O5/c1-4-11-24(12-5-2)23(27)18-29-17-22-14-25(19(3)26)13-21(30-22)16-28-15-20-9-7-6-8-10-20/h6-10,21-22H,4-5,11-18H2,1-3H3. The molecule has 1 aliphatic heterocycles. The summed E-state index contributed by atoms with van der Waals surface area (Å²) in [4.78, 5) is 27.9. The molecule has 7 heteroatoms. The van der Waals surface area contributed by atoms with Crippen molar-refractivity contribution in [2.24, 2.45) is 0 Å². The number of morpholine rings is 1. The maximum absolute atomic E-state index is 12.4. The maximum Gasteiger partial charge on any atom is 0.248 e. The van der Waals surface area contributed by atoms with Gasteiger partial charge in [0.05, 0.1) is 32.0 Å². The van der Waals surface area contributed by atoms with Crippen molar-refractivity contribution in [3.8, 4) is 0 Å². The Morgan fingerprint density at radius 1 is 1.03 bits per heavy atom. The first-order chi connectivity index (χ1) is 14.5. The Bertz CT molecular complexity index is 634. The molecule has 0 bridgehead atoms. The van der Waals surface area contributed by atoms with Gasteiger partial charge < -0.3 is 24.0 Å². The van der Waals surface area contributed by atoms with Crippen LogP contribution in [0.4, 0.5) is 0 Å². The van der Waals surface area contributed by atoms with Gasteiger partial charge in [-0.2, -0.15) is 0 Å². The molecule has 1 aromatic carbocycles. The summed E-state index contributed by atoms with van der Waals surface area (Å²) in [6.07, 6.45) is 1.37. The first kappa shape index (κ1) is 24.3. The first-order valence-corrected chi connectivity index (χ1v) is 10.9. The summed E-state index contributed by atoms with van der Waals surface area (Å²) in [6.45, 7) is 9.34. The van der Waals surface area contributed by atoms with Gasteiger partial charge in [-0.05, 0) is 18.4 Å². The van der Waals surface area contributed by atoms with Crippen LogP contribution in [0.25, 0.3) is 0 Å². The molecule has 1 saturated heterocycles. The zero-order valence-corrected chi connectivity index (χ0v) is 18.5. The molecule has 0 saturated carbocycles. The second-order valence-electron chi connectivity index (χ2n) is 7.70. The topological polar surface area (TPSA) is 68.3 Å². The average molecular weight is 421 g/mol. The highest BCUT2D eigenvalue weighted by atomic mass is 16.6. The normalized spacial score (nSPS) is 19.0. The third-order valence-electron chi connectivity index (χ3n) is 4.96. The molecule has 0 aromatic heterocycles. The number of ether oxygens (including phenoxy) is 3.